The smallest absolute Gasteiger partial charge is 0.340 e. The van der Waals surface area contributed by atoms with Gasteiger partial charge in [0.25, 0.3) is 5.91 Å². The Morgan fingerprint density at radius 3 is 2.38 bits per heavy atom. The van der Waals surface area contributed by atoms with Gasteiger partial charge in [0.15, 0.2) is 6.61 Å². The molecular weight excluding hydrogens is 381 g/mol. The lowest BCUT2D eigenvalue weighted by Crippen LogP contribution is -2.22. The van der Waals surface area contributed by atoms with Gasteiger partial charge in [0.05, 0.1) is 28.4 Å². The van der Waals surface area contributed by atoms with Gasteiger partial charge >= 0.3 is 11.9 Å². The summed E-state index contributed by atoms with van der Waals surface area (Å²) >= 11 is 11.7. The van der Waals surface area contributed by atoms with Crippen LogP contribution in [0.5, 0.6) is 0 Å². The van der Waals surface area contributed by atoms with Crippen LogP contribution in [0.4, 0.5) is 5.69 Å². The van der Waals surface area contributed by atoms with Crippen LogP contribution in [0.1, 0.15) is 27.6 Å². The van der Waals surface area contributed by atoms with Gasteiger partial charge < -0.3 is 14.8 Å². The number of hydrogen-bond acceptors (Lipinski definition) is 5. The minimum absolute atomic E-state index is 0.0545. The van der Waals surface area contributed by atoms with Crippen molar-refractivity contribution in [1.29, 1.82) is 0 Å². The molecule has 2 aromatic rings. The molecule has 0 radical (unpaired) electrons. The minimum Gasteiger partial charge on any atom is -0.462 e. The van der Waals surface area contributed by atoms with Crippen LogP contribution in [0.2, 0.25) is 10.0 Å². The van der Waals surface area contributed by atoms with Crippen molar-refractivity contribution in [3.05, 3.63) is 63.6 Å². The summed E-state index contributed by atoms with van der Waals surface area (Å²) in [7, 11) is 0. The largest absolute Gasteiger partial charge is 0.462 e. The number of carbonyl (C=O) groups is 3. The van der Waals surface area contributed by atoms with Gasteiger partial charge in [-0.05, 0) is 37.3 Å². The van der Waals surface area contributed by atoms with Crippen LogP contribution < -0.4 is 5.32 Å². The van der Waals surface area contributed by atoms with E-state index in [2.05, 4.69) is 5.32 Å². The van der Waals surface area contributed by atoms with E-state index in [9.17, 15) is 14.4 Å². The summed E-state index contributed by atoms with van der Waals surface area (Å²) in [5, 5.41) is 2.98. The summed E-state index contributed by atoms with van der Waals surface area (Å²) in [6, 6.07) is 10.7. The molecule has 0 atom stereocenters. The Balaban J connectivity index is 2.00. The number of para-hydroxylation sites is 1. The minimum atomic E-state index is -0.786. The van der Waals surface area contributed by atoms with Crippen LogP contribution >= 0.6 is 23.2 Å². The van der Waals surface area contributed by atoms with Gasteiger partial charge in [-0.15, -0.1) is 0 Å². The number of benzene rings is 2. The van der Waals surface area contributed by atoms with Gasteiger partial charge in [0, 0.05) is 5.02 Å². The number of carbonyl (C=O) groups excluding carboxylic acids is 3. The van der Waals surface area contributed by atoms with E-state index in [0.717, 1.165) is 0 Å². The van der Waals surface area contributed by atoms with E-state index in [1.807, 2.05) is 0 Å². The second-order valence-corrected chi connectivity index (χ2v) is 5.86. The molecule has 0 aromatic heterocycles. The molecule has 0 fully saturated rings. The normalized spacial score (nSPS) is 10.1. The van der Waals surface area contributed by atoms with Crippen LogP contribution in [0.15, 0.2) is 42.5 Å². The first-order valence-electron chi connectivity index (χ1n) is 7.60. The number of esters is 2. The van der Waals surface area contributed by atoms with E-state index in [0.29, 0.717) is 5.02 Å². The molecule has 0 saturated heterocycles. The van der Waals surface area contributed by atoms with Crippen molar-refractivity contribution in [2.75, 3.05) is 18.5 Å². The number of anilines is 1. The maximum Gasteiger partial charge on any atom is 0.340 e. The molecule has 6 nitrogen and oxygen atoms in total. The zero-order valence-corrected chi connectivity index (χ0v) is 15.3. The molecule has 1 amide bonds. The highest BCUT2D eigenvalue weighted by Gasteiger charge is 2.17. The average Bonchev–Trinajstić information content (AvgIpc) is 2.62. The lowest BCUT2D eigenvalue weighted by Gasteiger charge is -2.11. The third-order valence-electron chi connectivity index (χ3n) is 3.18. The fourth-order valence-corrected chi connectivity index (χ4v) is 2.39. The summed E-state index contributed by atoms with van der Waals surface area (Å²) in [6.45, 7) is 1.33. The highest BCUT2D eigenvalue weighted by molar-refractivity contribution is 6.35. The number of nitrogens with one attached hydrogen (secondary N) is 1. The summed E-state index contributed by atoms with van der Waals surface area (Å²) in [4.78, 5) is 35.9. The van der Waals surface area contributed by atoms with Gasteiger partial charge in [0.1, 0.15) is 0 Å². The maximum atomic E-state index is 12.0. The molecule has 0 aliphatic heterocycles. The van der Waals surface area contributed by atoms with Gasteiger partial charge in [0.2, 0.25) is 0 Å². The van der Waals surface area contributed by atoms with Crippen LogP contribution in [0.25, 0.3) is 0 Å². The Bertz CT molecular complexity index is 838. The van der Waals surface area contributed by atoms with Crippen molar-refractivity contribution in [3.63, 3.8) is 0 Å². The van der Waals surface area contributed by atoms with Crippen LogP contribution in [0.3, 0.4) is 0 Å². The molecule has 0 bridgehead atoms. The predicted molar refractivity (Wildman–Crippen MR) is 97.8 cm³/mol. The lowest BCUT2D eigenvalue weighted by molar-refractivity contribution is -0.119. The summed E-state index contributed by atoms with van der Waals surface area (Å²) in [6.07, 6.45) is 0. The molecule has 2 aromatic carbocycles. The SMILES string of the molecule is CCOC(=O)c1ccccc1NC(=O)COC(=O)c1cc(Cl)ccc1Cl. The van der Waals surface area contributed by atoms with Gasteiger partial charge in [-0.3, -0.25) is 4.79 Å². The number of halogens is 2. The summed E-state index contributed by atoms with van der Waals surface area (Å²) in [5.74, 6) is -1.97. The molecule has 0 heterocycles. The van der Waals surface area contributed by atoms with E-state index in [-0.39, 0.29) is 28.4 Å². The molecule has 0 spiro atoms. The number of ether oxygens (including phenoxy) is 2. The zero-order chi connectivity index (χ0) is 19.1. The average molecular weight is 396 g/mol. The molecule has 0 saturated carbocycles. The molecular formula is C18H15Cl2NO5. The van der Waals surface area contributed by atoms with E-state index in [4.69, 9.17) is 32.7 Å². The van der Waals surface area contributed by atoms with Crippen LogP contribution in [0, 0.1) is 0 Å². The van der Waals surface area contributed by atoms with Crippen molar-refractivity contribution >= 4 is 46.7 Å². The molecule has 2 rings (SSSR count). The second-order valence-electron chi connectivity index (χ2n) is 5.01. The topological polar surface area (TPSA) is 81.7 Å². The maximum absolute atomic E-state index is 12.0. The zero-order valence-electron chi connectivity index (χ0n) is 13.8. The van der Waals surface area contributed by atoms with Crippen LogP contribution in [-0.2, 0) is 14.3 Å². The summed E-state index contributed by atoms with van der Waals surface area (Å²) in [5.41, 5.74) is 0.513. The number of hydrogen-bond donors (Lipinski definition) is 1. The first kappa shape index (κ1) is 19.8. The lowest BCUT2D eigenvalue weighted by atomic mass is 10.2. The second kappa shape index (κ2) is 9.22. The van der Waals surface area contributed by atoms with E-state index in [1.165, 1.54) is 24.3 Å². The van der Waals surface area contributed by atoms with E-state index in [1.54, 1.807) is 25.1 Å². The van der Waals surface area contributed by atoms with E-state index < -0.39 is 24.5 Å². The van der Waals surface area contributed by atoms with Crippen molar-refractivity contribution in [2.24, 2.45) is 0 Å². The third kappa shape index (κ3) is 5.21. The van der Waals surface area contributed by atoms with Crippen molar-refractivity contribution in [2.45, 2.75) is 6.92 Å². The highest BCUT2D eigenvalue weighted by atomic mass is 35.5. The van der Waals surface area contributed by atoms with Gasteiger partial charge in [-0.1, -0.05) is 35.3 Å². The Morgan fingerprint density at radius 1 is 0.962 bits per heavy atom. The molecule has 26 heavy (non-hydrogen) atoms. The van der Waals surface area contributed by atoms with Gasteiger partial charge in [-0.25, -0.2) is 9.59 Å². The first-order valence-corrected chi connectivity index (χ1v) is 8.36. The van der Waals surface area contributed by atoms with Crippen molar-refractivity contribution < 1.29 is 23.9 Å². The van der Waals surface area contributed by atoms with Crippen molar-refractivity contribution in [1.82, 2.24) is 0 Å². The molecule has 0 unspecified atom stereocenters. The van der Waals surface area contributed by atoms with Crippen LogP contribution in [-0.4, -0.2) is 31.1 Å². The Morgan fingerprint density at radius 2 is 1.65 bits per heavy atom. The Labute approximate surface area is 160 Å². The van der Waals surface area contributed by atoms with Gasteiger partial charge in [-0.2, -0.15) is 0 Å². The fourth-order valence-electron chi connectivity index (χ4n) is 2.03. The quantitative estimate of drug-likeness (QED) is 0.748. The number of amides is 1. The molecule has 136 valence electrons. The summed E-state index contributed by atoms with van der Waals surface area (Å²) < 4.78 is 9.86. The Hall–Kier alpha value is -2.57. The standard InChI is InChI=1S/C18H15Cl2NO5/c1-2-25-17(23)12-5-3-4-6-15(12)21-16(22)10-26-18(24)13-9-11(19)7-8-14(13)20/h3-9H,2,10H2,1H3,(H,21,22). The predicted octanol–water partition coefficient (Wildman–Crippen LogP) is 3.97. The third-order valence-corrected chi connectivity index (χ3v) is 3.74. The van der Waals surface area contributed by atoms with Crippen molar-refractivity contribution in [3.8, 4) is 0 Å². The molecule has 8 heteroatoms. The highest BCUT2D eigenvalue weighted by Crippen LogP contribution is 2.21. The Kier molecular flexibility index (Phi) is 7.00. The molecule has 0 aliphatic rings. The monoisotopic (exact) mass is 395 g/mol. The molecule has 0 aliphatic carbocycles. The number of rotatable bonds is 6. The first-order chi connectivity index (χ1) is 12.4. The fraction of sp³-hybridized carbons (Fsp3) is 0.167. The van der Waals surface area contributed by atoms with E-state index >= 15 is 0 Å². The molecule has 1 N–H and O–H groups in total.